The molecule has 2 aliphatic carbocycles. The van der Waals surface area contributed by atoms with Gasteiger partial charge in [-0.25, -0.2) is 4.98 Å². The van der Waals surface area contributed by atoms with Crippen LogP contribution in [0, 0.1) is 5.92 Å². The number of hydrogen-bond donors (Lipinski definition) is 1. The van der Waals surface area contributed by atoms with Crippen molar-refractivity contribution in [2.45, 2.75) is 56.5 Å². The molecule has 98 valence electrons. The average Bonchev–Trinajstić information content (AvgIpc) is 3.05. The Morgan fingerprint density at radius 2 is 2.06 bits per heavy atom. The Kier molecular flexibility index (Phi) is 3.90. The molecule has 3 rings (SSSR count). The number of nitrogens with zero attached hydrogens (tertiary/aromatic N) is 1. The Morgan fingerprint density at radius 1 is 1.22 bits per heavy atom. The van der Waals surface area contributed by atoms with Crippen LogP contribution in [0.2, 0.25) is 0 Å². The molecule has 0 aromatic carbocycles. The molecule has 1 heterocycles. The van der Waals surface area contributed by atoms with Crippen molar-refractivity contribution >= 4 is 11.8 Å². The minimum atomic E-state index is 0.632. The number of pyridine rings is 1. The first-order chi connectivity index (χ1) is 8.86. The molecule has 0 amide bonds. The molecule has 0 bridgehead atoms. The quantitative estimate of drug-likeness (QED) is 0.846. The van der Waals surface area contributed by atoms with Crippen LogP contribution in [0.25, 0.3) is 0 Å². The highest BCUT2D eigenvalue weighted by Gasteiger charge is 2.19. The summed E-state index contributed by atoms with van der Waals surface area (Å²) in [5.41, 5.74) is 9.92. The van der Waals surface area contributed by atoms with E-state index in [0.717, 1.165) is 12.3 Å². The van der Waals surface area contributed by atoms with Gasteiger partial charge in [0.15, 0.2) is 0 Å². The largest absolute Gasteiger partial charge is 0.326 e. The Hall–Kier alpha value is -0.540. The SMILES string of the molecule is NCc1cc2c(nc1SCC1CCCC1)CCC2. The maximum atomic E-state index is 5.88. The van der Waals surface area contributed by atoms with E-state index < -0.39 is 0 Å². The lowest BCUT2D eigenvalue weighted by atomic mass is 10.1. The predicted molar refractivity (Wildman–Crippen MR) is 76.8 cm³/mol. The van der Waals surface area contributed by atoms with E-state index in [4.69, 9.17) is 10.7 Å². The van der Waals surface area contributed by atoms with Crippen molar-refractivity contribution in [1.82, 2.24) is 4.98 Å². The van der Waals surface area contributed by atoms with Gasteiger partial charge in [-0.05, 0) is 49.1 Å². The lowest BCUT2D eigenvalue weighted by Crippen LogP contribution is -2.05. The number of fused-ring (bicyclic) bond motifs is 1. The Morgan fingerprint density at radius 3 is 2.83 bits per heavy atom. The lowest BCUT2D eigenvalue weighted by Gasteiger charge is -2.12. The maximum absolute atomic E-state index is 5.88. The summed E-state index contributed by atoms with van der Waals surface area (Å²) < 4.78 is 0. The van der Waals surface area contributed by atoms with E-state index in [1.165, 1.54) is 66.1 Å². The van der Waals surface area contributed by atoms with Crippen LogP contribution < -0.4 is 5.73 Å². The van der Waals surface area contributed by atoms with Crippen molar-refractivity contribution in [3.05, 3.63) is 22.9 Å². The second-order valence-electron chi connectivity index (χ2n) is 5.58. The summed E-state index contributed by atoms with van der Waals surface area (Å²) in [5.74, 6) is 2.15. The van der Waals surface area contributed by atoms with Gasteiger partial charge in [0.2, 0.25) is 0 Å². The molecule has 1 aromatic rings. The smallest absolute Gasteiger partial charge is 0.101 e. The Labute approximate surface area is 114 Å². The van der Waals surface area contributed by atoms with Gasteiger partial charge in [0.1, 0.15) is 5.03 Å². The maximum Gasteiger partial charge on any atom is 0.101 e. The molecule has 2 aliphatic rings. The second-order valence-corrected chi connectivity index (χ2v) is 6.59. The third kappa shape index (κ3) is 2.57. The van der Waals surface area contributed by atoms with Gasteiger partial charge in [0, 0.05) is 18.0 Å². The summed E-state index contributed by atoms with van der Waals surface area (Å²) in [6.45, 7) is 0.632. The molecular weight excluding hydrogens is 240 g/mol. The first-order valence-corrected chi connectivity index (χ1v) is 8.20. The Balaban J connectivity index is 1.73. The molecule has 1 fully saturated rings. The van der Waals surface area contributed by atoms with Gasteiger partial charge in [-0.3, -0.25) is 0 Å². The summed E-state index contributed by atoms with van der Waals surface area (Å²) in [5, 5.41) is 1.21. The van der Waals surface area contributed by atoms with E-state index in [9.17, 15) is 0 Å². The van der Waals surface area contributed by atoms with Crippen molar-refractivity contribution in [3.63, 3.8) is 0 Å². The van der Waals surface area contributed by atoms with E-state index in [-0.39, 0.29) is 0 Å². The van der Waals surface area contributed by atoms with Gasteiger partial charge >= 0.3 is 0 Å². The summed E-state index contributed by atoms with van der Waals surface area (Å²) in [7, 11) is 0. The number of rotatable bonds is 4. The molecule has 1 saturated carbocycles. The molecule has 2 nitrogen and oxygen atoms in total. The van der Waals surface area contributed by atoms with Gasteiger partial charge in [-0.15, -0.1) is 11.8 Å². The van der Waals surface area contributed by atoms with Crippen LogP contribution in [0.3, 0.4) is 0 Å². The number of aryl methyl sites for hydroxylation is 2. The molecule has 2 N–H and O–H groups in total. The van der Waals surface area contributed by atoms with Crippen molar-refractivity contribution in [1.29, 1.82) is 0 Å². The number of thioether (sulfide) groups is 1. The minimum absolute atomic E-state index is 0.632. The zero-order valence-corrected chi connectivity index (χ0v) is 11.8. The van der Waals surface area contributed by atoms with Gasteiger partial charge in [-0.1, -0.05) is 18.9 Å². The topological polar surface area (TPSA) is 38.9 Å². The average molecular weight is 262 g/mol. The molecule has 0 radical (unpaired) electrons. The van der Waals surface area contributed by atoms with Crippen LogP contribution in [0.4, 0.5) is 0 Å². The fourth-order valence-electron chi connectivity index (χ4n) is 3.15. The van der Waals surface area contributed by atoms with Crippen LogP contribution in [-0.2, 0) is 19.4 Å². The highest BCUT2D eigenvalue weighted by Crippen LogP contribution is 2.33. The molecule has 0 aliphatic heterocycles. The monoisotopic (exact) mass is 262 g/mol. The number of aromatic nitrogens is 1. The molecule has 0 unspecified atom stereocenters. The summed E-state index contributed by atoms with van der Waals surface area (Å²) in [6.07, 6.45) is 9.30. The summed E-state index contributed by atoms with van der Waals surface area (Å²) in [4.78, 5) is 4.87. The van der Waals surface area contributed by atoms with E-state index in [2.05, 4.69) is 6.07 Å². The summed E-state index contributed by atoms with van der Waals surface area (Å²) >= 11 is 1.94. The standard InChI is InChI=1S/C15H22N2S/c16-9-13-8-12-6-3-7-14(12)17-15(13)18-10-11-4-1-2-5-11/h8,11H,1-7,9-10,16H2. The third-order valence-electron chi connectivity index (χ3n) is 4.24. The van der Waals surface area contributed by atoms with Crippen LogP contribution in [0.15, 0.2) is 11.1 Å². The van der Waals surface area contributed by atoms with Crippen LogP contribution in [0.5, 0.6) is 0 Å². The lowest BCUT2D eigenvalue weighted by molar-refractivity contribution is 0.622. The molecule has 18 heavy (non-hydrogen) atoms. The highest BCUT2D eigenvalue weighted by molar-refractivity contribution is 7.99. The molecule has 0 atom stereocenters. The van der Waals surface area contributed by atoms with Gasteiger partial charge in [0.05, 0.1) is 0 Å². The van der Waals surface area contributed by atoms with Crippen molar-refractivity contribution in [3.8, 4) is 0 Å². The van der Waals surface area contributed by atoms with Crippen LogP contribution in [0.1, 0.15) is 48.9 Å². The molecule has 1 aromatic heterocycles. The van der Waals surface area contributed by atoms with Crippen LogP contribution in [-0.4, -0.2) is 10.7 Å². The van der Waals surface area contributed by atoms with Crippen molar-refractivity contribution in [2.24, 2.45) is 11.7 Å². The number of nitrogens with two attached hydrogens (primary N) is 1. The van der Waals surface area contributed by atoms with Crippen molar-refractivity contribution in [2.75, 3.05) is 5.75 Å². The first-order valence-electron chi connectivity index (χ1n) is 7.21. The normalized spacial score (nSPS) is 19.4. The highest BCUT2D eigenvalue weighted by atomic mass is 32.2. The minimum Gasteiger partial charge on any atom is -0.326 e. The van der Waals surface area contributed by atoms with Crippen LogP contribution >= 0.6 is 11.8 Å². The molecule has 3 heteroatoms. The van der Waals surface area contributed by atoms with E-state index in [0.29, 0.717) is 6.54 Å². The van der Waals surface area contributed by atoms with Gasteiger partial charge in [0.25, 0.3) is 0 Å². The third-order valence-corrected chi connectivity index (χ3v) is 5.51. The van der Waals surface area contributed by atoms with E-state index in [1.807, 2.05) is 11.8 Å². The molecular formula is C15H22N2S. The molecule has 0 spiro atoms. The Bertz CT molecular complexity index is 425. The number of hydrogen-bond acceptors (Lipinski definition) is 3. The fraction of sp³-hybridized carbons (Fsp3) is 0.667. The second kappa shape index (κ2) is 5.62. The fourth-order valence-corrected chi connectivity index (χ4v) is 4.38. The van der Waals surface area contributed by atoms with Gasteiger partial charge in [-0.2, -0.15) is 0 Å². The molecule has 0 saturated heterocycles. The summed E-state index contributed by atoms with van der Waals surface area (Å²) in [6, 6.07) is 2.31. The zero-order valence-electron chi connectivity index (χ0n) is 11.0. The van der Waals surface area contributed by atoms with Gasteiger partial charge < -0.3 is 5.73 Å². The van der Waals surface area contributed by atoms with E-state index in [1.54, 1.807) is 0 Å². The van der Waals surface area contributed by atoms with E-state index >= 15 is 0 Å². The zero-order chi connectivity index (χ0) is 12.4. The van der Waals surface area contributed by atoms with Crippen molar-refractivity contribution < 1.29 is 0 Å². The predicted octanol–water partition coefficient (Wildman–Crippen LogP) is 3.31. The first kappa shape index (κ1) is 12.5.